The molecule has 0 aliphatic rings. The molecule has 0 fully saturated rings. The van der Waals surface area contributed by atoms with Crippen LogP contribution in [0.25, 0.3) is 0 Å². The fourth-order valence-corrected chi connectivity index (χ4v) is 1.69. The van der Waals surface area contributed by atoms with Gasteiger partial charge in [0.05, 0.1) is 29.2 Å². The number of halogens is 1. The lowest BCUT2D eigenvalue weighted by molar-refractivity contribution is 0.0692. The number of H-pyrrole nitrogens is 1. The van der Waals surface area contributed by atoms with Crippen molar-refractivity contribution in [2.75, 3.05) is 11.1 Å². The number of carbonyl (C=O) groups is 1. The van der Waals surface area contributed by atoms with Crippen LogP contribution in [0.15, 0.2) is 24.5 Å². The van der Waals surface area contributed by atoms with Crippen molar-refractivity contribution in [2.24, 2.45) is 0 Å². The summed E-state index contributed by atoms with van der Waals surface area (Å²) in [5.74, 6) is -2.18. The fraction of sp³-hybridized carbons (Fsp3) is 0.167. The van der Waals surface area contributed by atoms with Gasteiger partial charge >= 0.3 is 5.97 Å². The molecule has 1 atom stereocenters. The molecule has 19 heavy (non-hydrogen) atoms. The van der Waals surface area contributed by atoms with Gasteiger partial charge in [-0.25, -0.2) is 9.18 Å². The SMILES string of the molecule is CC(Nc1cc(F)c(C(=O)O)cc1N)c1cn[nH]c1. The predicted octanol–water partition coefficient (Wildman–Crippen LogP) is 2.00. The fourth-order valence-electron chi connectivity index (χ4n) is 1.69. The Bertz CT molecular complexity index is 598. The number of nitrogens with zero attached hydrogens (tertiary/aromatic N) is 1. The second-order valence-corrected chi connectivity index (χ2v) is 4.12. The summed E-state index contributed by atoms with van der Waals surface area (Å²) in [5, 5.41) is 18.3. The lowest BCUT2D eigenvalue weighted by Crippen LogP contribution is -2.10. The van der Waals surface area contributed by atoms with Gasteiger partial charge in [0, 0.05) is 11.8 Å². The van der Waals surface area contributed by atoms with Crippen molar-refractivity contribution in [2.45, 2.75) is 13.0 Å². The molecule has 100 valence electrons. The second kappa shape index (κ2) is 4.97. The van der Waals surface area contributed by atoms with Crippen LogP contribution < -0.4 is 11.1 Å². The van der Waals surface area contributed by atoms with Gasteiger partial charge in [-0.2, -0.15) is 5.10 Å². The van der Waals surface area contributed by atoms with Gasteiger partial charge in [0.25, 0.3) is 0 Å². The first-order valence-electron chi connectivity index (χ1n) is 5.56. The van der Waals surface area contributed by atoms with E-state index in [1.54, 1.807) is 12.4 Å². The van der Waals surface area contributed by atoms with Gasteiger partial charge in [-0.05, 0) is 19.1 Å². The van der Waals surface area contributed by atoms with Crippen LogP contribution in [-0.2, 0) is 0 Å². The lowest BCUT2D eigenvalue weighted by atomic mass is 10.1. The van der Waals surface area contributed by atoms with Crippen molar-refractivity contribution in [3.05, 3.63) is 41.5 Å². The number of aromatic amines is 1. The maximum absolute atomic E-state index is 13.6. The van der Waals surface area contributed by atoms with Gasteiger partial charge in [-0.1, -0.05) is 0 Å². The highest BCUT2D eigenvalue weighted by atomic mass is 19.1. The first-order valence-corrected chi connectivity index (χ1v) is 5.56. The molecule has 1 aromatic carbocycles. The number of nitrogen functional groups attached to an aromatic ring is 1. The van der Waals surface area contributed by atoms with E-state index in [1.165, 1.54) is 0 Å². The van der Waals surface area contributed by atoms with Crippen molar-refractivity contribution < 1.29 is 14.3 Å². The van der Waals surface area contributed by atoms with E-state index >= 15 is 0 Å². The molecule has 0 saturated carbocycles. The van der Waals surface area contributed by atoms with Gasteiger partial charge < -0.3 is 16.2 Å². The normalized spacial score (nSPS) is 12.1. The summed E-state index contributed by atoms with van der Waals surface area (Å²) in [6.07, 6.45) is 3.34. The molecule has 7 heteroatoms. The molecule has 6 nitrogen and oxygen atoms in total. The van der Waals surface area contributed by atoms with Crippen LogP contribution in [0.4, 0.5) is 15.8 Å². The Kier molecular flexibility index (Phi) is 3.37. The van der Waals surface area contributed by atoms with Crippen LogP contribution in [-0.4, -0.2) is 21.3 Å². The molecule has 1 aromatic heterocycles. The molecule has 2 rings (SSSR count). The Labute approximate surface area is 108 Å². The zero-order valence-electron chi connectivity index (χ0n) is 10.1. The molecule has 0 aliphatic carbocycles. The molecule has 1 heterocycles. The predicted molar refractivity (Wildman–Crippen MR) is 68.4 cm³/mol. The summed E-state index contributed by atoms with van der Waals surface area (Å²) in [7, 11) is 0. The third-order valence-corrected chi connectivity index (χ3v) is 2.76. The summed E-state index contributed by atoms with van der Waals surface area (Å²) in [4.78, 5) is 10.8. The molecule has 5 N–H and O–H groups in total. The smallest absolute Gasteiger partial charge is 0.338 e. The van der Waals surface area contributed by atoms with Crippen LogP contribution >= 0.6 is 0 Å². The number of nitrogens with one attached hydrogen (secondary N) is 2. The first kappa shape index (κ1) is 12.9. The largest absolute Gasteiger partial charge is 0.478 e. The molecule has 2 aromatic rings. The molecule has 0 amide bonds. The highest BCUT2D eigenvalue weighted by Crippen LogP contribution is 2.26. The Hall–Kier alpha value is -2.57. The summed E-state index contributed by atoms with van der Waals surface area (Å²) in [6.45, 7) is 1.85. The van der Waals surface area contributed by atoms with Gasteiger partial charge in [0.15, 0.2) is 0 Å². The van der Waals surface area contributed by atoms with Gasteiger partial charge in [-0.3, -0.25) is 5.10 Å². The Morgan fingerprint density at radius 2 is 2.32 bits per heavy atom. The molecule has 1 unspecified atom stereocenters. The number of carboxylic acid groups (broad SMARTS) is 1. The first-order chi connectivity index (χ1) is 8.99. The monoisotopic (exact) mass is 264 g/mol. The minimum absolute atomic E-state index is 0.142. The van der Waals surface area contributed by atoms with Crippen molar-refractivity contribution in [1.29, 1.82) is 0 Å². The van der Waals surface area contributed by atoms with Crippen LogP contribution in [0.1, 0.15) is 28.9 Å². The van der Waals surface area contributed by atoms with E-state index in [0.29, 0.717) is 5.69 Å². The van der Waals surface area contributed by atoms with Crippen LogP contribution in [0.3, 0.4) is 0 Å². The Morgan fingerprint density at radius 3 is 2.89 bits per heavy atom. The summed E-state index contributed by atoms with van der Waals surface area (Å²) in [6, 6.07) is 2.04. The average molecular weight is 264 g/mol. The molecule has 0 bridgehead atoms. The minimum Gasteiger partial charge on any atom is -0.478 e. The highest BCUT2D eigenvalue weighted by Gasteiger charge is 2.15. The number of hydrogen-bond donors (Lipinski definition) is 4. The molecule has 0 radical (unpaired) electrons. The number of aromatic carboxylic acids is 1. The van der Waals surface area contributed by atoms with E-state index in [9.17, 15) is 9.18 Å². The molecule has 0 spiro atoms. The van der Waals surface area contributed by atoms with E-state index < -0.39 is 17.3 Å². The standard InChI is InChI=1S/C12H13FN4O2/c1-6(7-4-15-16-5-7)17-11-3-9(13)8(12(18)19)2-10(11)14/h2-6,17H,14H2,1H3,(H,15,16)(H,18,19). The van der Waals surface area contributed by atoms with E-state index in [1.807, 2.05) is 6.92 Å². The third kappa shape index (κ3) is 2.65. The summed E-state index contributed by atoms with van der Waals surface area (Å²) >= 11 is 0. The van der Waals surface area contributed by atoms with Gasteiger partial charge in [0.1, 0.15) is 5.82 Å². The zero-order chi connectivity index (χ0) is 14.0. The average Bonchev–Trinajstić information content (AvgIpc) is 2.86. The molecular formula is C12H13FN4O2. The molecule has 0 saturated heterocycles. The summed E-state index contributed by atoms with van der Waals surface area (Å²) in [5.41, 5.74) is 6.66. The van der Waals surface area contributed by atoms with Crippen molar-refractivity contribution in [3.63, 3.8) is 0 Å². The van der Waals surface area contributed by atoms with E-state index in [4.69, 9.17) is 10.8 Å². The number of nitrogens with two attached hydrogens (primary N) is 1. The van der Waals surface area contributed by atoms with Gasteiger partial charge in [0.2, 0.25) is 0 Å². The van der Waals surface area contributed by atoms with E-state index in [0.717, 1.165) is 17.7 Å². The van der Waals surface area contributed by atoms with Crippen LogP contribution in [0.2, 0.25) is 0 Å². The van der Waals surface area contributed by atoms with Crippen molar-refractivity contribution in [3.8, 4) is 0 Å². The maximum Gasteiger partial charge on any atom is 0.338 e. The number of anilines is 2. The summed E-state index contributed by atoms with van der Waals surface area (Å²) < 4.78 is 13.6. The van der Waals surface area contributed by atoms with E-state index in [-0.39, 0.29) is 11.7 Å². The van der Waals surface area contributed by atoms with E-state index in [2.05, 4.69) is 15.5 Å². The Balaban J connectivity index is 2.26. The number of hydrogen-bond acceptors (Lipinski definition) is 4. The topological polar surface area (TPSA) is 104 Å². The molecular weight excluding hydrogens is 251 g/mol. The highest BCUT2D eigenvalue weighted by molar-refractivity contribution is 5.90. The third-order valence-electron chi connectivity index (χ3n) is 2.76. The zero-order valence-corrected chi connectivity index (χ0v) is 10.1. The van der Waals surface area contributed by atoms with Crippen LogP contribution in [0.5, 0.6) is 0 Å². The van der Waals surface area contributed by atoms with Crippen molar-refractivity contribution in [1.82, 2.24) is 10.2 Å². The number of rotatable bonds is 4. The maximum atomic E-state index is 13.6. The quantitative estimate of drug-likeness (QED) is 0.632. The lowest BCUT2D eigenvalue weighted by Gasteiger charge is -2.16. The number of aromatic nitrogens is 2. The number of carboxylic acids is 1. The van der Waals surface area contributed by atoms with Crippen LogP contribution in [0, 0.1) is 5.82 Å². The minimum atomic E-state index is -1.35. The molecule has 0 aliphatic heterocycles. The second-order valence-electron chi connectivity index (χ2n) is 4.12. The Morgan fingerprint density at radius 1 is 1.58 bits per heavy atom. The number of benzene rings is 1. The van der Waals surface area contributed by atoms with Gasteiger partial charge in [-0.15, -0.1) is 0 Å². The van der Waals surface area contributed by atoms with Crippen molar-refractivity contribution >= 4 is 17.3 Å².